The van der Waals surface area contributed by atoms with Gasteiger partial charge in [0.25, 0.3) is 0 Å². The molecule has 2 atom stereocenters. The summed E-state index contributed by atoms with van der Waals surface area (Å²) in [5, 5.41) is 63.1. The molecule has 7 N–H and O–H groups in total. The number of benzene rings is 2. The predicted octanol–water partition coefficient (Wildman–Crippen LogP) is -0.421. The van der Waals surface area contributed by atoms with Crippen molar-refractivity contribution in [2.45, 2.75) is 12.2 Å². The van der Waals surface area contributed by atoms with Gasteiger partial charge in [0.1, 0.15) is 12.2 Å². The summed E-state index contributed by atoms with van der Waals surface area (Å²) >= 11 is 0. The third-order valence-corrected chi connectivity index (χ3v) is 3.98. The monoisotopic (exact) mass is 440 g/mol. The summed E-state index contributed by atoms with van der Waals surface area (Å²) in [6, 6.07) is 5.93. The molecule has 0 aliphatic heterocycles. The van der Waals surface area contributed by atoms with E-state index < -0.39 is 42.7 Å². The third kappa shape index (κ3) is 6.55. The summed E-state index contributed by atoms with van der Waals surface area (Å²) in [4.78, 5) is 22.9. The van der Waals surface area contributed by atoms with Crippen molar-refractivity contribution < 1.29 is 54.8 Å². The maximum absolute atomic E-state index is 11.6. The molecular weight excluding hydrogens is 416 g/mol. The van der Waals surface area contributed by atoms with Gasteiger partial charge in [-0.1, -0.05) is 0 Å². The Morgan fingerprint density at radius 1 is 0.774 bits per heavy atom. The Bertz CT molecular complexity index is 885. The normalized spacial score (nSPS) is 12.2. The van der Waals surface area contributed by atoms with Crippen LogP contribution in [0.5, 0.6) is 28.7 Å². The molecular formula is C20H24O11. The number of rotatable bonds is 8. The molecule has 0 saturated heterocycles. The first kappa shape index (κ1) is 25.7. The van der Waals surface area contributed by atoms with Crippen molar-refractivity contribution in [1.82, 2.24) is 0 Å². The molecule has 2 aromatic carbocycles. The van der Waals surface area contributed by atoms with E-state index in [1.807, 2.05) is 0 Å². The lowest BCUT2D eigenvalue weighted by atomic mass is 10.1. The Kier molecular flexibility index (Phi) is 9.70. The first-order valence-electron chi connectivity index (χ1n) is 8.74. The lowest BCUT2D eigenvalue weighted by Gasteiger charge is -2.12. The van der Waals surface area contributed by atoms with Crippen LogP contribution in [0.3, 0.4) is 0 Å². The minimum absolute atomic E-state index is 0.0295. The van der Waals surface area contributed by atoms with Crippen LogP contribution in [-0.4, -0.2) is 87.0 Å². The smallest absolute Gasteiger partial charge is 0.200 e. The quantitative estimate of drug-likeness (QED) is 0.208. The van der Waals surface area contributed by atoms with E-state index in [-0.39, 0.29) is 34.1 Å². The zero-order valence-corrected chi connectivity index (χ0v) is 16.7. The van der Waals surface area contributed by atoms with Gasteiger partial charge in [-0.05, 0) is 30.3 Å². The van der Waals surface area contributed by atoms with Crippen molar-refractivity contribution in [1.29, 1.82) is 0 Å². The topological polar surface area (TPSA) is 194 Å². The molecule has 0 aromatic heterocycles. The largest absolute Gasteiger partial charge is 0.504 e. The fourth-order valence-corrected chi connectivity index (χ4v) is 2.26. The standard InChI is InChI=1S/C11H14O6.C9H10O5/c1-16-8-3-6(10(14)7(13)5-12)4-9(17-2)11(8)15;10-4-8(13)9(14)5-1-2-6(11)7(12)3-5/h3-4,7,12-13,15H,5H2,1-2H3;1-3,8,10-13H,4H2. The molecule has 2 unspecified atom stereocenters. The fourth-order valence-electron chi connectivity index (χ4n) is 2.26. The number of ketones is 2. The number of carbonyl (C=O) groups excluding carboxylic acids is 2. The highest BCUT2D eigenvalue weighted by molar-refractivity contribution is 6.00. The highest BCUT2D eigenvalue weighted by Gasteiger charge is 2.20. The van der Waals surface area contributed by atoms with E-state index in [9.17, 15) is 19.8 Å². The van der Waals surface area contributed by atoms with Gasteiger partial charge in [-0.2, -0.15) is 0 Å². The molecule has 2 aromatic rings. The molecule has 0 radical (unpaired) electrons. The van der Waals surface area contributed by atoms with Crippen LogP contribution in [0.2, 0.25) is 0 Å². The van der Waals surface area contributed by atoms with Crippen LogP contribution in [0, 0.1) is 0 Å². The van der Waals surface area contributed by atoms with E-state index in [2.05, 4.69) is 0 Å². The number of aliphatic hydroxyl groups is 4. The number of phenols is 3. The molecule has 2 rings (SSSR count). The van der Waals surface area contributed by atoms with Gasteiger partial charge in [0.2, 0.25) is 5.75 Å². The number of Topliss-reactive ketones (excluding diaryl/α,β-unsaturated/α-hetero) is 2. The minimum atomic E-state index is -1.51. The molecule has 0 amide bonds. The first-order chi connectivity index (χ1) is 14.6. The van der Waals surface area contributed by atoms with E-state index in [0.29, 0.717) is 0 Å². The summed E-state index contributed by atoms with van der Waals surface area (Å²) in [5.41, 5.74) is 0.111. The zero-order chi connectivity index (χ0) is 23.7. The number of hydrogen-bond donors (Lipinski definition) is 7. The van der Waals surface area contributed by atoms with Crippen molar-refractivity contribution >= 4 is 11.6 Å². The van der Waals surface area contributed by atoms with Gasteiger partial charge in [-0.3, -0.25) is 9.59 Å². The van der Waals surface area contributed by atoms with Gasteiger partial charge in [-0.15, -0.1) is 0 Å². The van der Waals surface area contributed by atoms with Crippen LogP contribution in [0.4, 0.5) is 0 Å². The van der Waals surface area contributed by atoms with Gasteiger partial charge in [0.15, 0.2) is 34.6 Å². The minimum Gasteiger partial charge on any atom is -0.504 e. The van der Waals surface area contributed by atoms with Gasteiger partial charge in [0.05, 0.1) is 27.4 Å². The number of aromatic hydroxyl groups is 3. The summed E-state index contributed by atoms with van der Waals surface area (Å²) in [7, 11) is 2.65. The molecule has 11 nitrogen and oxygen atoms in total. The van der Waals surface area contributed by atoms with Crippen LogP contribution in [0.25, 0.3) is 0 Å². The van der Waals surface area contributed by atoms with Gasteiger partial charge < -0.3 is 45.2 Å². The molecule has 0 aliphatic carbocycles. The molecule has 0 aliphatic rings. The van der Waals surface area contributed by atoms with Gasteiger partial charge in [-0.25, -0.2) is 0 Å². The van der Waals surface area contributed by atoms with Crippen LogP contribution in [-0.2, 0) is 0 Å². The molecule has 0 saturated carbocycles. The predicted molar refractivity (Wildman–Crippen MR) is 106 cm³/mol. The van der Waals surface area contributed by atoms with E-state index in [1.54, 1.807) is 0 Å². The van der Waals surface area contributed by atoms with Crippen molar-refractivity contribution in [2.75, 3.05) is 27.4 Å². The molecule has 31 heavy (non-hydrogen) atoms. The van der Waals surface area contributed by atoms with Gasteiger partial charge in [0, 0.05) is 11.1 Å². The average molecular weight is 440 g/mol. The highest BCUT2D eigenvalue weighted by atomic mass is 16.5. The second kappa shape index (κ2) is 11.7. The Morgan fingerprint density at radius 2 is 1.23 bits per heavy atom. The fraction of sp³-hybridized carbons (Fsp3) is 0.300. The van der Waals surface area contributed by atoms with Crippen molar-refractivity contribution in [2.24, 2.45) is 0 Å². The maximum Gasteiger partial charge on any atom is 0.200 e. The van der Waals surface area contributed by atoms with Crippen LogP contribution >= 0.6 is 0 Å². The summed E-state index contributed by atoms with van der Waals surface area (Å²) in [6.07, 6.45) is -3.01. The molecule has 11 heteroatoms. The first-order valence-corrected chi connectivity index (χ1v) is 8.74. The van der Waals surface area contributed by atoms with Crippen LogP contribution in [0.15, 0.2) is 30.3 Å². The number of carbonyl (C=O) groups is 2. The SMILES string of the molecule is COc1cc(C(=O)C(O)CO)cc(OC)c1O.O=C(c1ccc(O)c(O)c1)C(O)CO. The van der Waals surface area contributed by atoms with Gasteiger partial charge >= 0.3 is 0 Å². The zero-order valence-electron chi connectivity index (χ0n) is 16.7. The molecule has 0 spiro atoms. The van der Waals surface area contributed by atoms with Crippen LogP contribution in [0.1, 0.15) is 20.7 Å². The van der Waals surface area contributed by atoms with Crippen molar-refractivity contribution in [3.05, 3.63) is 41.5 Å². The number of ether oxygens (including phenoxy) is 2. The molecule has 170 valence electrons. The van der Waals surface area contributed by atoms with Crippen molar-refractivity contribution in [3.63, 3.8) is 0 Å². The lowest BCUT2D eigenvalue weighted by molar-refractivity contribution is 0.0583. The number of aliphatic hydroxyl groups excluding tert-OH is 4. The number of hydrogen-bond acceptors (Lipinski definition) is 11. The van der Waals surface area contributed by atoms with E-state index in [4.69, 9.17) is 35.0 Å². The lowest BCUT2D eigenvalue weighted by Crippen LogP contribution is -2.24. The summed E-state index contributed by atoms with van der Waals surface area (Å²) in [5.74, 6) is -2.30. The number of methoxy groups -OCH3 is 2. The molecule has 0 heterocycles. The average Bonchev–Trinajstić information content (AvgIpc) is 2.79. The Morgan fingerprint density at radius 3 is 1.61 bits per heavy atom. The summed E-state index contributed by atoms with van der Waals surface area (Å²) in [6.45, 7) is -1.36. The van der Waals surface area contributed by atoms with E-state index >= 15 is 0 Å². The van der Waals surface area contributed by atoms with Crippen LogP contribution < -0.4 is 9.47 Å². The van der Waals surface area contributed by atoms with E-state index in [0.717, 1.165) is 12.1 Å². The second-order valence-corrected chi connectivity index (χ2v) is 6.06. The maximum atomic E-state index is 11.6. The number of phenolic OH excluding ortho intramolecular Hbond substituents is 3. The van der Waals surface area contributed by atoms with Crippen molar-refractivity contribution in [3.8, 4) is 28.7 Å². The molecule has 0 fully saturated rings. The second-order valence-electron chi connectivity index (χ2n) is 6.06. The van der Waals surface area contributed by atoms with E-state index in [1.165, 1.54) is 32.4 Å². The Balaban J connectivity index is 0.000000316. The summed E-state index contributed by atoms with van der Waals surface area (Å²) < 4.78 is 9.73. The highest BCUT2D eigenvalue weighted by Crippen LogP contribution is 2.37. The third-order valence-electron chi connectivity index (χ3n) is 3.98. The Hall–Kier alpha value is -3.38. The molecule has 0 bridgehead atoms. The Labute approximate surface area is 177 Å².